The number of amides is 1. The monoisotopic (exact) mass is 461 g/mol. The van der Waals surface area contributed by atoms with Crippen LogP contribution in [-0.4, -0.2) is 59.0 Å². The highest BCUT2D eigenvalue weighted by Gasteiger charge is 2.23. The number of rotatable bonds is 10. The summed E-state index contributed by atoms with van der Waals surface area (Å²) in [5, 5.41) is 5.65. The summed E-state index contributed by atoms with van der Waals surface area (Å²) in [5.74, 6) is -0.576. The largest absolute Gasteiger partial charge is 0.495 e. The van der Waals surface area contributed by atoms with E-state index in [0.29, 0.717) is 18.0 Å². The van der Waals surface area contributed by atoms with E-state index >= 15 is 0 Å². The number of sulfonamides is 1. The van der Waals surface area contributed by atoms with Crippen molar-refractivity contribution < 1.29 is 27.5 Å². The lowest BCUT2D eigenvalue weighted by molar-refractivity contribution is -0.137. The molecule has 0 unspecified atom stereocenters. The molecule has 0 radical (unpaired) electrons. The van der Waals surface area contributed by atoms with Gasteiger partial charge in [-0.25, -0.2) is 17.5 Å². The molecule has 0 aliphatic heterocycles. The Bertz CT molecular complexity index is 1080. The van der Waals surface area contributed by atoms with Crippen molar-refractivity contribution in [1.82, 2.24) is 4.31 Å². The van der Waals surface area contributed by atoms with Crippen molar-refractivity contribution in [3.05, 3.63) is 54.1 Å². The molecule has 0 aliphatic rings. The van der Waals surface area contributed by atoms with E-state index in [1.54, 1.807) is 43.3 Å². The van der Waals surface area contributed by atoms with Gasteiger partial charge in [0.25, 0.3) is 0 Å². The van der Waals surface area contributed by atoms with Gasteiger partial charge < -0.3 is 20.1 Å². The van der Waals surface area contributed by atoms with Crippen molar-refractivity contribution in [2.75, 3.05) is 45.0 Å². The fourth-order valence-corrected chi connectivity index (χ4v) is 3.68. The molecule has 2 aromatic carbocycles. The van der Waals surface area contributed by atoms with Crippen LogP contribution in [0, 0.1) is 0 Å². The molecule has 2 aromatic rings. The van der Waals surface area contributed by atoms with Crippen molar-refractivity contribution in [3.63, 3.8) is 0 Å². The van der Waals surface area contributed by atoms with Gasteiger partial charge in [0.15, 0.2) is 0 Å². The number of benzene rings is 2. The van der Waals surface area contributed by atoms with Gasteiger partial charge in [0.2, 0.25) is 15.9 Å². The normalized spacial score (nSPS) is 11.4. The number of carbonyl (C=O) groups is 2. The first kappa shape index (κ1) is 24.9. The first-order valence-electron chi connectivity index (χ1n) is 9.76. The summed E-state index contributed by atoms with van der Waals surface area (Å²) in [5.41, 5.74) is 1.84. The van der Waals surface area contributed by atoms with Crippen LogP contribution in [0.1, 0.15) is 12.5 Å². The van der Waals surface area contributed by atoms with Crippen LogP contribution in [0.5, 0.6) is 5.75 Å². The van der Waals surface area contributed by atoms with E-state index in [4.69, 9.17) is 9.47 Å². The molecule has 0 atom stereocenters. The smallest absolute Gasteiger partial charge is 0.330 e. The lowest BCUT2D eigenvalue weighted by Crippen LogP contribution is -2.24. The maximum absolute atomic E-state index is 12.5. The number of nitrogens with zero attached hydrogens (tertiary/aromatic N) is 1. The molecule has 32 heavy (non-hydrogen) atoms. The SMILES string of the molecule is CCOC(=O)/C=C/c1ccc(NCC(=O)Nc2ccc(OC)c(S(=O)(=O)N(C)C)c2)cc1. The van der Waals surface area contributed by atoms with Gasteiger partial charge in [-0.3, -0.25) is 4.79 Å². The molecule has 1 amide bonds. The Hall–Kier alpha value is -3.37. The number of ether oxygens (including phenoxy) is 2. The summed E-state index contributed by atoms with van der Waals surface area (Å²) < 4.78 is 36.0. The van der Waals surface area contributed by atoms with Crippen molar-refractivity contribution >= 4 is 39.4 Å². The van der Waals surface area contributed by atoms with E-state index in [1.807, 2.05) is 0 Å². The third-order valence-corrected chi connectivity index (χ3v) is 6.10. The summed E-state index contributed by atoms with van der Waals surface area (Å²) >= 11 is 0. The number of carbonyl (C=O) groups excluding carboxylic acids is 2. The summed E-state index contributed by atoms with van der Waals surface area (Å²) in [7, 11) is 0.472. The van der Waals surface area contributed by atoms with E-state index in [-0.39, 0.29) is 23.1 Å². The van der Waals surface area contributed by atoms with Crippen LogP contribution in [0.3, 0.4) is 0 Å². The van der Waals surface area contributed by atoms with Gasteiger partial charge in [0.05, 0.1) is 20.3 Å². The third-order valence-electron chi connectivity index (χ3n) is 4.27. The fraction of sp³-hybridized carbons (Fsp3) is 0.273. The van der Waals surface area contributed by atoms with E-state index in [0.717, 1.165) is 9.87 Å². The van der Waals surface area contributed by atoms with Gasteiger partial charge in [-0.2, -0.15) is 0 Å². The Morgan fingerprint density at radius 1 is 1.06 bits per heavy atom. The molecule has 0 saturated heterocycles. The Morgan fingerprint density at radius 3 is 2.31 bits per heavy atom. The average Bonchev–Trinajstić information content (AvgIpc) is 2.77. The zero-order chi connectivity index (χ0) is 23.7. The standard InChI is InChI=1S/C22H27N3O6S/c1-5-31-22(27)13-8-16-6-9-17(10-7-16)23-15-21(26)24-18-11-12-19(30-4)20(14-18)32(28,29)25(2)3/h6-14,23H,5,15H2,1-4H3,(H,24,26)/b13-8+. The predicted molar refractivity (Wildman–Crippen MR) is 123 cm³/mol. The number of anilines is 2. The summed E-state index contributed by atoms with van der Waals surface area (Å²) in [6.45, 7) is 2.03. The Labute approximate surface area is 188 Å². The fourth-order valence-electron chi connectivity index (χ4n) is 2.61. The van der Waals surface area contributed by atoms with Crippen molar-refractivity contribution in [2.45, 2.75) is 11.8 Å². The number of hydrogen-bond donors (Lipinski definition) is 2. The number of nitrogens with one attached hydrogen (secondary N) is 2. The zero-order valence-electron chi connectivity index (χ0n) is 18.4. The molecule has 0 aromatic heterocycles. The first-order chi connectivity index (χ1) is 15.2. The van der Waals surface area contributed by atoms with Gasteiger partial charge in [-0.15, -0.1) is 0 Å². The molecule has 0 bridgehead atoms. The molecule has 2 N–H and O–H groups in total. The van der Waals surface area contributed by atoms with Crippen molar-refractivity contribution in [1.29, 1.82) is 0 Å². The second-order valence-electron chi connectivity index (χ2n) is 6.76. The zero-order valence-corrected chi connectivity index (χ0v) is 19.2. The summed E-state index contributed by atoms with van der Waals surface area (Å²) in [6, 6.07) is 11.5. The van der Waals surface area contributed by atoms with E-state index in [9.17, 15) is 18.0 Å². The molecule has 10 heteroatoms. The first-order valence-corrected chi connectivity index (χ1v) is 11.2. The number of esters is 1. The molecule has 2 rings (SSSR count). The molecule has 0 heterocycles. The number of methoxy groups -OCH3 is 1. The van der Waals surface area contributed by atoms with Crippen molar-refractivity contribution in [3.8, 4) is 5.75 Å². The lowest BCUT2D eigenvalue weighted by atomic mass is 10.2. The van der Waals surface area contributed by atoms with Crippen LogP contribution in [0.25, 0.3) is 6.08 Å². The maximum atomic E-state index is 12.5. The van der Waals surface area contributed by atoms with Crippen LogP contribution in [0.15, 0.2) is 53.4 Å². The van der Waals surface area contributed by atoms with E-state index in [1.165, 1.54) is 39.4 Å². The highest BCUT2D eigenvalue weighted by Crippen LogP contribution is 2.28. The minimum atomic E-state index is -3.74. The molecular weight excluding hydrogens is 434 g/mol. The predicted octanol–water partition coefficient (Wildman–Crippen LogP) is 2.57. The third kappa shape index (κ3) is 6.82. The summed E-state index contributed by atoms with van der Waals surface area (Å²) in [4.78, 5) is 23.6. The Kier molecular flexibility index (Phi) is 8.80. The van der Waals surface area contributed by atoms with Gasteiger partial charge in [-0.1, -0.05) is 12.1 Å². The molecule has 9 nitrogen and oxygen atoms in total. The molecule has 0 saturated carbocycles. The van der Waals surface area contributed by atoms with Crippen LogP contribution in [0.2, 0.25) is 0 Å². The van der Waals surface area contributed by atoms with E-state index < -0.39 is 16.0 Å². The van der Waals surface area contributed by atoms with Gasteiger partial charge in [0.1, 0.15) is 10.6 Å². The van der Waals surface area contributed by atoms with Gasteiger partial charge in [-0.05, 0) is 48.9 Å². The Balaban J connectivity index is 1.99. The molecular formula is C22H27N3O6S. The highest BCUT2D eigenvalue weighted by atomic mass is 32.2. The van der Waals surface area contributed by atoms with Crippen LogP contribution in [0.4, 0.5) is 11.4 Å². The van der Waals surface area contributed by atoms with Crippen LogP contribution in [-0.2, 0) is 24.3 Å². The minimum absolute atomic E-state index is 0.0280. The Morgan fingerprint density at radius 2 is 1.72 bits per heavy atom. The maximum Gasteiger partial charge on any atom is 0.330 e. The van der Waals surface area contributed by atoms with Gasteiger partial charge in [0, 0.05) is 31.5 Å². The summed E-state index contributed by atoms with van der Waals surface area (Å²) in [6.07, 6.45) is 2.98. The minimum Gasteiger partial charge on any atom is -0.495 e. The second kappa shape index (κ2) is 11.3. The molecule has 172 valence electrons. The number of hydrogen-bond acceptors (Lipinski definition) is 7. The van der Waals surface area contributed by atoms with Gasteiger partial charge >= 0.3 is 5.97 Å². The molecule has 0 fully saturated rings. The average molecular weight is 462 g/mol. The second-order valence-corrected chi connectivity index (χ2v) is 8.88. The highest BCUT2D eigenvalue weighted by molar-refractivity contribution is 7.89. The lowest BCUT2D eigenvalue weighted by Gasteiger charge is -2.16. The topological polar surface area (TPSA) is 114 Å². The van der Waals surface area contributed by atoms with E-state index in [2.05, 4.69) is 10.6 Å². The molecule has 0 aliphatic carbocycles. The quantitative estimate of drug-likeness (QED) is 0.413. The molecule has 0 spiro atoms. The van der Waals surface area contributed by atoms with Crippen LogP contribution >= 0.6 is 0 Å². The van der Waals surface area contributed by atoms with Crippen molar-refractivity contribution in [2.24, 2.45) is 0 Å². The van der Waals surface area contributed by atoms with Crippen LogP contribution < -0.4 is 15.4 Å².